The molecule has 4 nitrogen and oxygen atoms in total. The Bertz CT molecular complexity index is 715. The molecule has 0 radical (unpaired) electrons. The SMILES string of the molecule is CC(CC=O)C(Cc1ccc(OCc2ccccc2)c(F)c1)C(=O)O. The fraction of sp³-hybridized carbons (Fsp3) is 0.300. The van der Waals surface area contributed by atoms with Crippen LogP contribution in [0.4, 0.5) is 4.39 Å². The van der Waals surface area contributed by atoms with Gasteiger partial charge in [0.2, 0.25) is 0 Å². The van der Waals surface area contributed by atoms with Gasteiger partial charge in [0.05, 0.1) is 5.92 Å². The van der Waals surface area contributed by atoms with Crippen LogP contribution in [0.5, 0.6) is 5.75 Å². The number of carboxylic acid groups (broad SMARTS) is 1. The number of rotatable bonds is 9. The summed E-state index contributed by atoms with van der Waals surface area (Å²) in [4.78, 5) is 22.0. The second-order valence-corrected chi connectivity index (χ2v) is 6.07. The van der Waals surface area contributed by atoms with Gasteiger partial charge in [-0.25, -0.2) is 4.39 Å². The summed E-state index contributed by atoms with van der Waals surface area (Å²) in [5, 5.41) is 9.33. The summed E-state index contributed by atoms with van der Waals surface area (Å²) in [5.41, 5.74) is 1.49. The number of carbonyl (C=O) groups is 2. The predicted molar refractivity (Wildman–Crippen MR) is 91.8 cm³/mol. The van der Waals surface area contributed by atoms with Crippen LogP contribution >= 0.6 is 0 Å². The van der Waals surface area contributed by atoms with E-state index in [1.807, 2.05) is 30.3 Å². The summed E-state index contributed by atoms with van der Waals surface area (Å²) in [5.74, 6) is -2.44. The number of aldehydes is 1. The summed E-state index contributed by atoms with van der Waals surface area (Å²) in [6.45, 7) is 1.96. The number of hydrogen-bond acceptors (Lipinski definition) is 3. The van der Waals surface area contributed by atoms with E-state index in [9.17, 15) is 19.1 Å². The minimum atomic E-state index is -0.987. The third-order valence-corrected chi connectivity index (χ3v) is 4.16. The Balaban J connectivity index is 2.04. The number of carbonyl (C=O) groups excluding carboxylic acids is 1. The smallest absolute Gasteiger partial charge is 0.307 e. The highest BCUT2D eigenvalue weighted by Gasteiger charge is 2.25. The molecule has 0 aromatic heterocycles. The zero-order valence-corrected chi connectivity index (χ0v) is 14.0. The van der Waals surface area contributed by atoms with E-state index in [-0.39, 0.29) is 31.1 Å². The molecule has 0 aliphatic carbocycles. The maximum absolute atomic E-state index is 14.2. The molecule has 0 saturated heterocycles. The van der Waals surface area contributed by atoms with E-state index in [4.69, 9.17) is 4.74 Å². The lowest BCUT2D eigenvalue weighted by Crippen LogP contribution is -2.24. The average molecular weight is 344 g/mol. The first-order valence-electron chi connectivity index (χ1n) is 8.13. The number of halogens is 1. The van der Waals surface area contributed by atoms with E-state index < -0.39 is 17.7 Å². The van der Waals surface area contributed by atoms with Gasteiger partial charge < -0.3 is 14.6 Å². The third-order valence-electron chi connectivity index (χ3n) is 4.16. The molecule has 0 aliphatic rings. The van der Waals surface area contributed by atoms with Gasteiger partial charge in [-0.05, 0) is 35.6 Å². The van der Waals surface area contributed by atoms with Crippen molar-refractivity contribution in [2.45, 2.75) is 26.4 Å². The summed E-state index contributed by atoms with van der Waals surface area (Å²) in [6.07, 6.45) is 1.04. The average Bonchev–Trinajstić information content (AvgIpc) is 2.59. The second-order valence-electron chi connectivity index (χ2n) is 6.07. The first kappa shape index (κ1) is 18.6. The molecule has 2 unspecified atom stereocenters. The van der Waals surface area contributed by atoms with Crippen molar-refractivity contribution >= 4 is 12.3 Å². The number of hydrogen-bond donors (Lipinski definition) is 1. The molecule has 2 aromatic rings. The maximum Gasteiger partial charge on any atom is 0.307 e. The molecule has 2 rings (SSSR count). The van der Waals surface area contributed by atoms with Crippen LogP contribution in [0, 0.1) is 17.7 Å². The summed E-state index contributed by atoms with van der Waals surface area (Å²) in [6, 6.07) is 13.9. The van der Waals surface area contributed by atoms with Crippen LogP contribution < -0.4 is 4.74 Å². The predicted octanol–water partition coefficient (Wildman–Crippen LogP) is 3.87. The topological polar surface area (TPSA) is 63.6 Å². The number of aliphatic carboxylic acids is 1. The van der Waals surface area contributed by atoms with Crippen LogP contribution in [0.3, 0.4) is 0 Å². The molecular formula is C20H21FO4. The molecule has 0 aliphatic heterocycles. The Morgan fingerprint density at radius 3 is 2.52 bits per heavy atom. The van der Waals surface area contributed by atoms with Crippen molar-refractivity contribution < 1.29 is 23.8 Å². The van der Waals surface area contributed by atoms with Gasteiger partial charge in [0.1, 0.15) is 12.9 Å². The Hall–Kier alpha value is -2.69. The second kappa shape index (κ2) is 8.97. The van der Waals surface area contributed by atoms with E-state index in [2.05, 4.69) is 0 Å². The van der Waals surface area contributed by atoms with E-state index in [0.717, 1.165) is 5.56 Å². The zero-order valence-electron chi connectivity index (χ0n) is 14.0. The highest BCUT2D eigenvalue weighted by Crippen LogP contribution is 2.24. The van der Waals surface area contributed by atoms with Crippen molar-refractivity contribution in [1.82, 2.24) is 0 Å². The molecular weight excluding hydrogens is 323 g/mol. The lowest BCUT2D eigenvalue weighted by atomic mass is 9.86. The van der Waals surface area contributed by atoms with Gasteiger partial charge in [0.25, 0.3) is 0 Å². The van der Waals surface area contributed by atoms with E-state index in [1.165, 1.54) is 12.1 Å². The van der Waals surface area contributed by atoms with Gasteiger partial charge in [-0.2, -0.15) is 0 Å². The Morgan fingerprint density at radius 2 is 1.92 bits per heavy atom. The standard InChI is InChI=1S/C20H21FO4/c1-14(9-10-22)17(20(23)24)11-16-7-8-19(18(21)12-16)25-13-15-5-3-2-4-6-15/h2-8,10,12,14,17H,9,11,13H2,1H3,(H,23,24). The fourth-order valence-corrected chi connectivity index (χ4v) is 2.63. The highest BCUT2D eigenvalue weighted by atomic mass is 19.1. The molecule has 5 heteroatoms. The molecule has 25 heavy (non-hydrogen) atoms. The number of ether oxygens (including phenoxy) is 1. The van der Waals surface area contributed by atoms with Crippen LogP contribution in [-0.4, -0.2) is 17.4 Å². The summed E-state index contributed by atoms with van der Waals surface area (Å²) < 4.78 is 19.7. The summed E-state index contributed by atoms with van der Waals surface area (Å²) in [7, 11) is 0. The molecule has 2 aromatic carbocycles. The lowest BCUT2D eigenvalue weighted by molar-refractivity contribution is -0.143. The van der Waals surface area contributed by atoms with Gasteiger partial charge in [-0.3, -0.25) is 4.79 Å². The largest absolute Gasteiger partial charge is 0.486 e. The molecule has 2 atom stereocenters. The Kier molecular flexibility index (Phi) is 6.69. The van der Waals surface area contributed by atoms with Crippen molar-refractivity contribution in [3.05, 3.63) is 65.5 Å². The Labute approximate surface area is 146 Å². The molecule has 0 saturated carbocycles. The zero-order chi connectivity index (χ0) is 18.2. The van der Waals surface area contributed by atoms with Crippen molar-refractivity contribution in [3.8, 4) is 5.75 Å². The number of carboxylic acids is 1. The van der Waals surface area contributed by atoms with Gasteiger partial charge >= 0.3 is 5.97 Å². The quantitative estimate of drug-likeness (QED) is 0.701. The molecule has 0 amide bonds. The molecule has 0 fully saturated rings. The van der Waals surface area contributed by atoms with Crippen LogP contribution in [0.25, 0.3) is 0 Å². The van der Waals surface area contributed by atoms with Crippen LogP contribution in [0.2, 0.25) is 0 Å². The monoisotopic (exact) mass is 344 g/mol. The molecule has 132 valence electrons. The molecule has 0 heterocycles. The fourth-order valence-electron chi connectivity index (χ4n) is 2.63. The van der Waals surface area contributed by atoms with Gasteiger partial charge in [-0.15, -0.1) is 0 Å². The molecule has 0 bridgehead atoms. The number of benzene rings is 2. The van der Waals surface area contributed by atoms with Crippen molar-refractivity contribution in [2.75, 3.05) is 0 Å². The van der Waals surface area contributed by atoms with E-state index in [0.29, 0.717) is 11.8 Å². The van der Waals surface area contributed by atoms with Gasteiger partial charge in [0, 0.05) is 6.42 Å². The first-order chi connectivity index (χ1) is 12.0. The molecule has 1 N–H and O–H groups in total. The Morgan fingerprint density at radius 1 is 1.20 bits per heavy atom. The first-order valence-corrected chi connectivity index (χ1v) is 8.13. The maximum atomic E-state index is 14.2. The van der Waals surface area contributed by atoms with Crippen LogP contribution in [0.15, 0.2) is 48.5 Å². The van der Waals surface area contributed by atoms with Crippen LogP contribution in [0.1, 0.15) is 24.5 Å². The summed E-state index contributed by atoms with van der Waals surface area (Å²) >= 11 is 0. The lowest BCUT2D eigenvalue weighted by Gasteiger charge is -2.18. The van der Waals surface area contributed by atoms with Crippen molar-refractivity contribution in [2.24, 2.45) is 11.8 Å². The van der Waals surface area contributed by atoms with Gasteiger partial charge in [0.15, 0.2) is 11.6 Å². The minimum Gasteiger partial charge on any atom is -0.486 e. The van der Waals surface area contributed by atoms with Crippen LogP contribution in [-0.2, 0) is 22.6 Å². The molecule has 0 spiro atoms. The van der Waals surface area contributed by atoms with Crippen molar-refractivity contribution in [1.29, 1.82) is 0 Å². The van der Waals surface area contributed by atoms with Gasteiger partial charge in [-0.1, -0.05) is 43.3 Å². The normalized spacial score (nSPS) is 13.0. The highest BCUT2D eigenvalue weighted by molar-refractivity contribution is 5.71. The van der Waals surface area contributed by atoms with E-state index in [1.54, 1.807) is 13.0 Å². The minimum absolute atomic E-state index is 0.125. The third kappa shape index (κ3) is 5.41. The van der Waals surface area contributed by atoms with Crippen molar-refractivity contribution in [3.63, 3.8) is 0 Å². The van der Waals surface area contributed by atoms with E-state index >= 15 is 0 Å².